The fourth-order valence-corrected chi connectivity index (χ4v) is 2.75. The molecule has 3 rings (SSSR count). The van der Waals surface area contributed by atoms with Gasteiger partial charge in [0.1, 0.15) is 24.0 Å². The van der Waals surface area contributed by atoms with E-state index in [1.54, 1.807) is 0 Å². The quantitative estimate of drug-likeness (QED) is 0.216. The Kier molecular flexibility index (Phi) is 8.46. The second-order valence-electron chi connectivity index (χ2n) is 5.09. The maximum Gasteiger partial charge on any atom is 0.469 e. The molecule has 0 unspecified atom stereocenters. The molecule has 2 aromatic heterocycles. The van der Waals surface area contributed by atoms with Crippen molar-refractivity contribution in [3.8, 4) is 0 Å². The maximum atomic E-state index is 11.6. The number of aromatic nitrogens is 4. The zero-order valence-corrected chi connectivity index (χ0v) is 18.7. The standard InChI is InChI=1S/C10H13N4O9P.2Na/c15-5-3(1-22-24(19,20)21)23-9(6(5)16)14-2-11-4-7(14)12-10(18)13-8(4)17;;/h2-3,5-6,9,15-16H,1H2,(H2,19,20,21)(H2,12,13,17,18);;/t3-,5-,6-,9-;;/m1../s1. The van der Waals surface area contributed by atoms with E-state index in [1.165, 1.54) is 0 Å². The molecule has 1 saturated heterocycles. The Morgan fingerprint density at radius 1 is 1.23 bits per heavy atom. The van der Waals surface area contributed by atoms with Crippen molar-refractivity contribution in [1.82, 2.24) is 19.5 Å². The summed E-state index contributed by atoms with van der Waals surface area (Å²) in [6.45, 7) is -0.678. The van der Waals surface area contributed by atoms with Crippen LogP contribution in [-0.2, 0) is 13.8 Å². The van der Waals surface area contributed by atoms with E-state index in [0.717, 1.165) is 10.9 Å². The Balaban J connectivity index is 0.00000169. The van der Waals surface area contributed by atoms with Crippen molar-refractivity contribution in [3.63, 3.8) is 0 Å². The van der Waals surface area contributed by atoms with Crippen molar-refractivity contribution < 1.29 is 33.8 Å². The van der Waals surface area contributed by atoms with Gasteiger partial charge in [-0.2, -0.15) is 0 Å². The van der Waals surface area contributed by atoms with Crippen LogP contribution >= 0.6 is 7.82 Å². The Hall–Kier alpha value is 0.140. The molecule has 6 N–H and O–H groups in total. The van der Waals surface area contributed by atoms with E-state index in [1.807, 2.05) is 4.98 Å². The second kappa shape index (κ2) is 9.09. The van der Waals surface area contributed by atoms with E-state index in [2.05, 4.69) is 14.5 Å². The number of hydrogen-bond donors (Lipinski definition) is 6. The van der Waals surface area contributed by atoms with Gasteiger partial charge in [-0.1, -0.05) is 0 Å². The molecule has 3 heterocycles. The Bertz CT molecular complexity index is 923. The number of phosphoric ester groups is 1. The molecule has 13 nitrogen and oxygen atoms in total. The molecule has 0 bridgehead atoms. The third-order valence-corrected chi connectivity index (χ3v) is 3.97. The summed E-state index contributed by atoms with van der Waals surface area (Å²) in [5.41, 5.74) is -1.71. The fraction of sp³-hybridized carbons (Fsp3) is 0.500. The summed E-state index contributed by atoms with van der Waals surface area (Å²) in [6, 6.07) is 0. The number of nitrogens with zero attached hydrogens (tertiary/aromatic N) is 2. The summed E-state index contributed by atoms with van der Waals surface area (Å²) < 4.78 is 21.4. The first kappa shape index (κ1) is 24.2. The van der Waals surface area contributed by atoms with Crippen molar-refractivity contribution in [2.75, 3.05) is 6.61 Å². The van der Waals surface area contributed by atoms with E-state index < -0.39 is 50.2 Å². The number of H-pyrrole nitrogens is 2. The number of hydrogen-bond acceptors (Lipinski definition) is 8. The number of phosphoric acid groups is 1. The molecule has 1 aliphatic heterocycles. The number of imidazole rings is 1. The van der Waals surface area contributed by atoms with Crippen LogP contribution in [0, 0.1) is 0 Å². The second-order valence-corrected chi connectivity index (χ2v) is 6.33. The Morgan fingerprint density at radius 2 is 1.88 bits per heavy atom. The van der Waals surface area contributed by atoms with Crippen LogP contribution in [0.1, 0.15) is 6.23 Å². The van der Waals surface area contributed by atoms with Gasteiger partial charge in [0.25, 0.3) is 5.56 Å². The van der Waals surface area contributed by atoms with Gasteiger partial charge < -0.3 is 24.7 Å². The van der Waals surface area contributed by atoms with Crippen molar-refractivity contribution >= 4 is 78.1 Å². The molecule has 0 saturated carbocycles. The fourth-order valence-electron chi connectivity index (χ4n) is 2.41. The number of fused-ring (bicyclic) bond motifs is 1. The topological polar surface area (TPSA) is 200 Å². The number of aliphatic hydroxyl groups excluding tert-OH is 2. The molecule has 4 atom stereocenters. The largest absolute Gasteiger partial charge is 0.469 e. The van der Waals surface area contributed by atoms with E-state index >= 15 is 0 Å². The summed E-state index contributed by atoms with van der Waals surface area (Å²) in [7, 11) is -4.78. The zero-order chi connectivity index (χ0) is 17.6. The molecular weight excluding hydrogens is 397 g/mol. The molecule has 134 valence electrons. The van der Waals surface area contributed by atoms with Gasteiger partial charge >= 0.3 is 13.5 Å². The molecule has 2 aromatic rings. The van der Waals surface area contributed by atoms with E-state index in [9.17, 15) is 24.4 Å². The molecule has 0 aromatic carbocycles. The minimum Gasteiger partial charge on any atom is -0.387 e. The monoisotopic (exact) mass is 410 g/mol. The molecular formula is C10H13N4Na2O9P. The van der Waals surface area contributed by atoms with E-state index in [4.69, 9.17) is 14.5 Å². The number of aliphatic hydroxyl groups is 2. The van der Waals surface area contributed by atoms with Crippen molar-refractivity contribution in [2.45, 2.75) is 24.5 Å². The summed E-state index contributed by atoms with van der Waals surface area (Å²) in [5.74, 6) is 0. The van der Waals surface area contributed by atoms with Gasteiger partial charge in [0, 0.05) is 59.1 Å². The van der Waals surface area contributed by atoms with Gasteiger partial charge in [-0.3, -0.25) is 23.9 Å². The van der Waals surface area contributed by atoms with Crippen LogP contribution in [0.5, 0.6) is 0 Å². The molecule has 0 spiro atoms. The molecule has 2 radical (unpaired) electrons. The van der Waals surface area contributed by atoms with Gasteiger partial charge in [0.05, 0.1) is 12.9 Å². The average molecular weight is 410 g/mol. The van der Waals surface area contributed by atoms with Crippen molar-refractivity contribution in [1.29, 1.82) is 0 Å². The third kappa shape index (κ3) is 4.94. The van der Waals surface area contributed by atoms with Gasteiger partial charge in [-0.05, 0) is 0 Å². The van der Waals surface area contributed by atoms with Crippen LogP contribution in [0.4, 0.5) is 0 Å². The van der Waals surface area contributed by atoms with Crippen LogP contribution in [-0.4, -0.2) is 124 Å². The predicted molar refractivity (Wildman–Crippen MR) is 86.4 cm³/mol. The molecule has 0 aliphatic carbocycles. The first-order chi connectivity index (χ1) is 11.2. The zero-order valence-electron chi connectivity index (χ0n) is 13.8. The molecule has 1 fully saturated rings. The van der Waals surface area contributed by atoms with E-state index in [0.29, 0.717) is 0 Å². The van der Waals surface area contributed by atoms with Gasteiger partial charge in [0.2, 0.25) is 0 Å². The number of ether oxygens (including phenoxy) is 1. The Morgan fingerprint density at radius 3 is 2.50 bits per heavy atom. The van der Waals surface area contributed by atoms with Crippen LogP contribution in [0.2, 0.25) is 0 Å². The number of aromatic amines is 2. The molecule has 0 amide bonds. The first-order valence-electron chi connectivity index (χ1n) is 6.58. The molecule has 1 aliphatic rings. The summed E-state index contributed by atoms with van der Waals surface area (Å²) in [5, 5.41) is 20.0. The number of rotatable bonds is 4. The van der Waals surface area contributed by atoms with Crippen molar-refractivity contribution in [2.24, 2.45) is 0 Å². The SMILES string of the molecule is O=c1[nH]c(=O)c2ncn([C@@H]3O[C@H](COP(=O)(O)O)[C@@H](O)[C@H]3O)c2[nH]1.[Na].[Na]. The minimum absolute atomic E-state index is 0. The first-order valence-corrected chi connectivity index (χ1v) is 8.11. The smallest absolute Gasteiger partial charge is 0.387 e. The van der Waals surface area contributed by atoms with Gasteiger partial charge in [0.15, 0.2) is 11.7 Å². The number of nitrogens with one attached hydrogen (secondary N) is 2. The maximum absolute atomic E-state index is 11.6. The van der Waals surface area contributed by atoms with Crippen LogP contribution in [0.15, 0.2) is 15.9 Å². The van der Waals surface area contributed by atoms with Crippen LogP contribution in [0.25, 0.3) is 11.2 Å². The average Bonchev–Trinajstić information content (AvgIpc) is 3.00. The molecule has 26 heavy (non-hydrogen) atoms. The van der Waals surface area contributed by atoms with Crippen molar-refractivity contribution in [3.05, 3.63) is 27.2 Å². The minimum atomic E-state index is -4.78. The van der Waals surface area contributed by atoms with Crippen LogP contribution < -0.4 is 11.2 Å². The van der Waals surface area contributed by atoms with Crippen LogP contribution in [0.3, 0.4) is 0 Å². The normalized spacial score (nSPS) is 25.7. The summed E-state index contributed by atoms with van der Waals surface area (Å²) in [4.78, 5) is 48.5. The summed E-state index contributed by atoms with van der Waals surface area (Å²) >= 11 is 0. The predicted octanol–water partition coefficient (Wildman–Crippen LogP) is -3.62. The Labute approximate surface area is 188 Å². The summed E-state index contributed by atoms with van der Waals surface area (Å²) in [6.07, 6.45) is -4.43. The van der Waals surface area contributed by atoms with Gasteiger partial charge in [-0.15, -0.1) is 0 Å². The van der Waals surface area contributed by atoms with E-state index in [-0.39, 0.29) is 70.3 Å². The molecule has 16 heteroatoms. The van der Waals surface area contributed by atoms with Gasteiger partial charge in [-0.25, -0.2) is 14.3 Å². The third-order valence-electron chi connectivity index (χ3n) is 3.49.